The highest BCUT2D eigenvalue weighted by molar-refractivity contribution is 8.18. The first-order valence-corrected chi connectivity index (χ1v) is 10.2. The number of amidine groups is 1. The predicted octanol–water partition coefficient (Wildman–Crippen LogP) is 3.41. The Morgan fingerprint density at radius 1 is 1.21 bits per heavy atom. The lowest BCUT2D eigenvalue weighted by molar-refractivity contribution is -0.113. The normalized spacial score (nSPS) is 20.7. The van der Waals surface area contributed by atoms with Gasteiger partial charge in [0.2, 0.25) is 0 Å². The third-order valence-electron chi connectivity index (χ3n) is 4.77. The van der Waals surface area contributed by atoms with Gasteiger partial charge in [-0.2, -0.15) is 4.99 Å². The van der Waals surface area contributed by atoms with Gasteiger partial charge in [-0.3, -0.25) is 9.80 Å². The van der Waals surface area contributed by atoms with E-state index >= 15 is 0 Å². The SMILES string of the molecule is Cl.O=C1N=C(N2CCCCN2)S/C1=C/c1cc(F)ccc1OC(=O)N1CCCC1. The molecule has 0 radical (unpaired) electrons. The molecule has 2 fully saturated rings. The minimum atomic E-state index is -0.470. The van der Waals surface area contributed by atoms with Crippen molar-refractivity contribution in [2.45, 2.75) is 25.7 Å². The zero-order valence-corrected chi connectivity index (χ0v) is 17.4. The largest absolute Gasteiger partial charge is 0.415 e. The van der Waals surface area contributed by atoms with Gasteiger partial charge in [0.25, 0.3) is 5.91 Å². The first-order chi connectivity index (χ1) is 13.6. The van der Waals surface area contributed by atoms with Gasteiger partial charge in [-0.25, -0.2) is 14.6 Å². The lowest BCUT2D eigenvalue weighted by atomic mass is 10.2. The van der Waals surface area contributed by atoms with Crippen LogP contribution in [0.4, 0.5) is 9.18 Å². The summed E-state index contributed by atoms with van der Waals surface area (Å²) in [5.41, 5.74) is 3.55. The van der Waals surface area contributed by atoms with Crippen LogP contribution in [0.5, 0.6) is 5.75 Å². The zero-order chi connectivity index (χ0) is 19.5. The molecule has 3 aliphatic rings. The first-order valence-electron chi connectivity index (χ1n) is 9.40. The Labute approximate surface area is 178 Å². The highest BCUT2D eigenvalue weighted by Gasteiger charge is 2.28. The molecule has 0 aromatic heterocycles. The summed E-state index contributed by atoms with van der Waals surface area (Å²) in [4.78, 5) is 30.7. The highest BCUT2D eigenvalue weighted by atomic mass is 35.5. The standard InChI is InChI=1S/C19H21FN4O3S.ClH/c20-14-5-6-15(27-19(26)23-8-3-4-9-23)13(11-14)12-16-17(25)22-18(28-16)24-10-2-1-7-21-24;/h5-6,11-12,21H,1-4,7-10H2;1H/b16-12+;. The van der Waals surface area contributed by atoms with Crippen LogP contribution >= 0.6 is 24.2 Å². The number of halogens is 2. The minimum Gasteiger partial charge on any atom is -0.410 e. The third kappa shape index (κ3) is 5.09. The van der Waals surface area contributed by atoms with E-state index in [9.17, 15) is 14.0 Å². The van der Waals surface area contributed by atoms with E-state index in [1.54, 1.807) is 4.90 Å². The Morgan fingerprint density at radius 3 is 2.69 bits per heavy atom. The highest BCUT2D eigenvalue weighted by Crippen LogP contribution is 2.33. The molecule has 1 aromatic rings. The van der Waals surface area contributed by atoms with Crippen molar-refractivity contribution in [2.75, 3.05) is 26.2 Å². The van der Waals surface area contributed by atoms with E-state index in [0.717, 1.165) is 38.8 Å². The number of amides is 2. The van der Waals surface area contributed by atoms with E-state index < -0.39 is 11.9 Å². The number of carbonyl (C=O) groups is 2. The number of carbonyl (C=O) groups excluding carboxylic acids is 2. The van der Waals surface area contributed by atoms with E-state index in [0.29, 0.717) is 28.7 Å². The summed E-state index contributed by atoms with van der Waals surface area (Å²) in [7, 11) is 0. The number of nitrogens with zero attached hydrogens (tertiary/aromatic N) is 3. The van der Waals surface area contributed by atoms with E-state index in [-0.39, 0.29) is 24.1 Å². The Hall–Kier alpha value is -2.10. The molecule has 1 aromatic carbocycles. The fraction of sp³-hybridized carbons (Fsp3) is 0.421. The number of benzene rings is 1. The van der Waals surface area contributed by atoms with Gasteiger partial charge >= 0.3 is 6.09 Å². The molecule has 1 N–H and O–H groups in total. The second kappa shape index (κ2) is 9.60. The molecule has 10 heteroatoms. The topological polar surface area (TPSA) is 74.2 Å². The molecular formula is C19H22ClFN4O3S. The van der Waals surface area contributed by atoms with Crippen LogP contribution in [-0.2, 0) is 4.79 Å². The van der Waals surface area contributed by atoms with Crippen molar-refractivity contribution in [3.8, 4) is 5.75 Å². The molecule has 3 heterocycles. The van der Waals surface area contributed by atoms with Crippen LogP contribution in [0, 0.1) is 5.82 Å². The number of hydrazine groups is 1. The monoisotopic (exact) mass is 440 g/mol. The molecule has 0 bridgehead atoms. The molecular weight excluding hydrogens is 419 g/mol. The summed E-state index contributed by atoms with van der Waals surface area (Å²) >= 11 is 1.23. The van der Waals surface area contributed by atoms with Gasteiger partial charge in [0.15, 0.2) is 5.17 Å². The fourth-order valence-corrected chi connectivity index (χ4v) is 4.20. The second-order valence-electron chi connectivity index (χ2n) is 6.82. The predicted molar refractivity (Wildman–Crippen MR) is 112 cm³/mol. The second-order valence-corrected chi connectivity index (χ2v) is 7.83. The van der Waals surface area contributed by atoms with E-state index in [1.165, 1.54) is 36.0 Å². The third-order valence-corrected chi connectivity index (χ3v) is 5.78. The quantitative estimate of drug-likeness (QED) is 0.710. The number of thioether (sulfide) groups is 1. The number of nitrogens with one attached hydrogen (secondary N) is 1. The number of rotatable bonds is 2. The van der Waals surface area contributed by atoms with Crippen LogP contribution in [0.1, 0.15) is 31.2 Å². The van der Waals surface area contributed by atoms with E-state index in [4.69, 9.17) is 4.74 Å². The van der Waals surface area contributed by atoms with Crippen molar-refractivity contribution >= 4 is 47.4 Å². The van der Waals surface area contributed by atoms with Gasteiger partial charge in [0.05, 0.1) is 4.91 Å². The Morgan fingerprint density at radius 2 is 1.97 bits per heavy atom. The number of hydrogen-bond acceptors (Lipinski definition) is 6. The Balaban J connectivity index is 0.00000240. The molecule has 0 atom stereocenters. The zero-order valence-electron chi connectivity index (χ0n) is 15.7. The molecule has 4 rings (SSSR count). The van der Waals surface area contributed by atoms with E-state index in [1.807, 2.05) is 5.01 Å². The van der Waals surface area contributed by atoms with Gasteiger partial charge in [0, 0.05) is 31.7 Å². The number of ether oxygens (including phenoxy) is 1. The summed E-state index contributed by atoms with van der Waals surface area (Å²) in [6, 6.07) is 3.90. The van der Waals surface area contributed by atoms with E-state index in [2.05, 4.69) is 10.4 Å². The molecule has 0 saturated carbocycles. The number of hydrogen-bond donors (Lipinski definition) is 1. The molecule has 0 spiro atoms. The fourth-order valence-electron chi connectivity index (χ4n) is 3.29. The number of aliphatic imine (C=N–C) groups is 1. The maximum atomic E-state index is 13.8. The first kappa shape index (κ1) is 21.6. The summed E-state index contributed by atoms with van der Waals surface area (Å²) in [6.07, 6.45) is 5.09. The van der Waals surface area contributed by atoms with Crippen LogP contribution in [0.2, 0.25) is 0 Å². The van der Waals surface area contributed by atoms with Crippen molar-refractivity contribution < 1.29 is 18.7 Å². The molecule has 29 heavy (non-hydrogen) atoms. The molecule has 7 nitrogen and oxygen atoms in total. The van der Waals surface area contributed by atoms with Crippen molar-refractivity contribution in [3.63, 3.8) is 0 Å². The lowest BCUT2D eigenvalue weighted by Crippen LogP contribution is -2.45. The minimum absolute atomic E-state index is 0. The molecule has 2 amide bonds. The summed E-state index contributed by atoms with van der Waals surface area (Å²) in [5, 5.41) is 2.45. The van der Waals surface area contributed by atoms with Crippen LogP contribution in [0.15, 0.2) is 28.1 Å². The van der Waals surface area contributed by atoms with Gasteiger partial charge in [-0.1, -0.05) is 0 Å². The Bertz CT molecular complexity index is 852. The van der Waals surface area contributed by atoms with Gasteiger partial charge < -0.3 is 9.64 Å². The molecule has 156 valence electrons. The van der Waals surface area contributed by atoms with Crippen LogP contribution in [0.25, 0.3) is 6.08 Å². The maximum absolute atomic E-state index is 13.8. The van der Waals surface area contributed by atoms with Crippen molar-refractivity contribution in [1.82, 2.24) is 15.3 Å². The van der Waals surface area contributed by atoms with Crippen molar-refractivity contribution in [2.24, 2.45) is 4.99 Å². The molecule has 0 unspecified atom stereocenters. The molecule has 0 aliphatic carbocycles. The average Bonchev–Trinajstić information content (AvgIpc) is 3.35. The van der Waals surface area contributed by atoms with Crippen molar-refractivity contribution in [1.29, 1.82) is 0 Å². The van der Waals surface area contributed by atoms with Gasteiger partial charge in [0.1, 0.15) is 11.6 Å². The molecule has 3 aliphatic heterocycles. The van der Waals surface area contributed by atoms with Crippen molar-refractivity contribution in [3.05, 3.63) is 34.5 Å². The van der Waals surface area contributed by atoms with Crippen LogP contribution < -0.4 is 10.2 Å². The molecule has 2 saturated heterocycles. The summed E-state index contributed by atoms with van der Waals surface area (Å²) < 4.78 is 19.3. The van der Waals surface area contributed by atoms with Crippen LogP contribution in [0.3, 0.4) is 0 Å². The summed E-state index contributed by atoms with van der Waals surface area (Å²) in [5.74, 6) is -0.626. The van der Waals surface area contributed by atoms with Crippen LogP contribution in [-0.4, -0.2) is 53.3 Å². The number of likely N-dealkylation sites (tertiary alicyclic amines) is 1. The lowest BCUT2D eigenvalue weighted by Gasteiger charge is -2.28. The summed E-state index contributed by atoms with van der Waals surface area (Å²) in [6.45, 7) is 2.94. The maximum Gasteiger partial charge on any atom is 0.415 e. The van der Waals surface area contributed by atoms with Gasteiger partial charge in [-0.05, 0) is 61.7 Å². The smallest absolute Gasteiger partial charge is 0.410 e. The van der Waals surface area contributed by atoms with Gasteiger partial charge in [-0.15, -0.1) is 12.4 Å². The Kier molecular flexibility index (Phi) is 7.15. The average molecular weight is 441 g/mol.